The Hall–Kier alpha value is -0.0100. The van der Waals surface area contributed by atoms with E-state index in [0.717, 1.165) is 17.3 Å². The Labute approximate surface area is 125 Å². The maximum atomic E-state index is 6.38. The molecule has 0 saturated carbocycles. The van der Waals surface area contributed by atoms with Crippen molar-refractivity contribution in [3.05, 3.63) is 34.3 Å². The molecule has 0 N–H and O–H groups in total. The molecule has 2 heteroatoms. The van der Waals surface area contributed by atoms with Crippen molar-refractivity contribution in [2.24, 2.45) is 0 Å². The van der Waals surface area contributed by atoms with Crippen LogP contribution in [0.15, 0.2) is 28.7 Å². The van der Waals surface area contributed by atoms with Gasteiger partial charge >= 0.3 is 0 Å². The Bertz CT molecular complexity index is 307. The minimum absolute atomic E-state index is 0.289. The lowest BCUT2D eigenvalue weighted by molar-refractivity contribution is 0.578. The van der Waals surface area contributed by atoms with E-state index >= 15 is 0 Å². The van der Waals surface area contributed by atoms with Gasteiger partial charge < -0.3 is 0 Å². The predicted octanol–water partition coefficient (Wildman–Crippen LogP) is 6.35. The third-order valence-corrected chi connectivity index (χ3v) is 4.14. The monoisotopic (exact) mass is 330 g/mol. The molecule has 0 heterocycles. The van der Waals surface area contributed by atoms with Crippen LogP contribution in [0.1, 0.15) is 57.4 Å². The maximum Gasteiger partial charge on any atom is 0.0376 e. The zero-order chi connectivity index (χ0) is 13.2. The van der Waals surface area contributed by atoms with Crippen LogP contribution in [0.5, 0.6) is 0 Å². The summed E-state index contributed by atoms with van der Waals surface area (Å²) in [5, 5.41) is 0.289. The lowest BCUT2D eigenvalue weighted by atomic mass is 10.0. The molecule has 0 nitrogen and oxygen atoms in total. The molecule has 102 valence electrons. The van der Waals surface area contributed by atoms with Crippen molar-refractivity contribution in [1.82, 2.24) is 0 Å². The molecular weight excluding hydrogens is 308 g/mol. The highest BCUT2D eigenvalue weighted by Crippen LogP contribution is 2.18. The van der Waals surface area contributed by atoms with Crippen LogP contribution in [-0.2, 0) is 6.42 Å². The van der Waals surface area contributed by atoms with Gasteiger partial charge in [0.2, 0.25) is 0 Å². The smallest absolute Gasteiger partial charge is 0.0376 e. The van der Waals surface area contributed by atoms with Crippen LogP contribution in [0.25, 0.3) is 0 Å². The molecule has 18 heavy (non-hydrogen) atoms. The first-order valence-corrected chi connectivity index (χ1v) is 8.34. The van der Waals surface area contributed by atoms with E-state index in [1.54, 1.807) is 0 Å². The van der Waals surface area contributed by atoms with Gasteiger partial charge in [-0.15, -0.1) is 11.6 Å². The fraction of sp³-hybridized carbons (Fsp3) is 0.625. The van der Waals surface area contributed by atoms with E-state index in [2.05, 4.69) is 47.1 Å². The molecule has 0 radical (unpaired) electrons. The van der Waals surface area contributed by atoms with Crippen molar-refractivity contribution in [3.63, 3.8) is 0 Å². The molecule has 1 rings (SSSR count). The predicted molar refractivity (Wildman–Crippen MR) is 85.5 cm³/mol. The first-order chi connectivity index (χ1) is 8.72. The molecule has 0 saturated heterocycles. The summed E-state index contributed by atoms with van der Waals surface area (Å²) in [6.07, 6.45) is 10.2. The largest absolute Gasteiger partial charge is 0.123 e. The molecule has 1 atom stereocenters. The van der Waals surface area contributed by atoms with E-state index in [4.69, 9.17) is 11.6 Å². The standard InChI is InChI=1S/C16H24BrCl/c1-2-3-4-5-6-7-8-16(18)13-14-9-11-15(17)12-10-14/h9-12,16H,2-8,13H2,1H3. The van der Waals surface area contributed by atoms with Crippen molar-refractivity contribution in [3.8, 4) is 0 Å². The molecule has 1 unspecified atom stereocenters. The summed E-state index contributed by atoms with van der Waals surface area (Å²) in [6.45, 7) is 2.26. The van der Waals surface area contributed by atoms with Gasteiger partial charge in [0, 0.05) is 9.85 Å². The van der Waals surface area contributed by atoms with Crippen LogP contribution in [0.2, 0.25) is 0 Å². The van der Waals surface area contributed by atoms with Crippen LogP contribution in [-0.4, -0.2) is 5.38 Å². The molecule has 0 aliphatic heterocycles. The van der Waals surface area contributed by atoms with Gasteiger partial charge in [-0.05, 0) is 30.5 Å². The van der Waals surface area contributed by atoms with Gasteiger partial charge in [-0.25, -0.2) is 0 Å². The molecule has 0 spiro atoms. The topological polar surface area (TPSA) is 0 Å². The minimum Gasteiger partial charge on any atom is -0.123 e. The molecule has 0 amide bonds. The van der Waals surface area contributed by atoms with Crippen LogP contribution in [0.3, 0.4) is 0 Å². The van der Waals surface area contributed by atoms with Crippen LogP contribution >= 0.6 is 27.5 Å². The second-order valence-corrected chi connectivity index (χ2v) is 6.52. The van der Waals surface area contributed by atoms with Crippen LogP contribution in [0.4, 0.5) is 0 Å². The minimum atomic E-state index is 0.289. The van der Waals surface area contributed by atoms with Gasteiger partial charge in [0.1, 0.15) is 0 Å². The van der Waals surface area contributed by atoms with Gasteiger partial charge in [-0.2, -0.15) is 0 Å². The summed E-state index contributed by atoms with van der Waals surface area (Å²) in [5.74, 6) is 0. The van der Waals surface area contributed by atoms with Gasteiger partial charge in [0.25, 0.3) is 0 Å². The first-order valence-electron chi connectivity index (χ1n) is 7.11. The number of unbranched alkanes of at least 4 members (excludes halogenated alkanes) is 5. The van der Waals surface area contributed by atoms with Crippen molar-refractivity contribution in [2.75, 3.05) is 0 Å². The summed E-state index contributed by atoms with van der Waals surface area (Å²) in [4.78, 5) is 0. The molecule has 0 bridgehead atoms. The van der Waals surface area contributed by atoms with Crippen molar-refractivity contribution in [1.29, 1.82) is 0 Å². The second kappa shape index (κ2) is 9.86. The Morgan fingerprint density at radius 2 is 1.61 bits per heavy atom. The maximum absolute atomic E-state index is 6.38. The van der Waals surface area contributed by atoms with Crippen molar-refractivity contribution >= 4 is 27.5 Å². The lowest BCUT2D eigenvalue weighted by Crippen LogP contribution is -2.03. The highest BCUT2D eigenvalue weighted by atomic mass is 79.9. The van der Waals surface area contributed by atoms with E-state index in [1.807, 2.05) is 0 Å². The highest BCUT2D eigenvalue weighted by Gasteiger charge is 2.05. The molecule has 1 aromatic carbocycles. The molecule has 0 aromatic heterocycles. The Morgan fingerprint density at radius 1 is 1.00 bits per heavy atom. The molecule has 0 aliphatic rings. The average molecular weight is 332 g/mol. The zero-order valence-corrected chi connectivity index (χ0v) is 13.6. The van der Waals surface area contributed by atoms with E-state index in [9.17, 15) is 0 Å². The van der Waals surface area contributed by atoms with E-state index in [-0.39, 0.29) is 5.38 Å². The fourth-order valence-electron chi connectivity index (χ4n) is 2.12. The number of hydrogen-bond donors (Lipinski definition) is 0. The van der Waals surface area contributed by atoms with Gasteiger partial charge in [0.15, 0.2) is 0 Å². The van der Waals surface area contributed by atoms with E-state index in [1.165, 1.54) is 44.1 Å². The van der Waals surface area contributed by atoms with Crippen LogP contribution < -0.4 is 0 Å². The lowest BCUT2D eigenvalue weighted by Gasteiger charge is -2.09. The van der Waals surface area contributed by atoms with E-state index < -0.39 is 0 Å². The third-order valence-electron chi connectivity index (χ3n) is 3.24. The van der Waals surface area contributed by atoms with Gasteiger partial charge in [0.05, 0.1) is 0 Å². The van der Waals surface area contributed by atoms with Crippen molar-refractivity contribution < 1.29 is 0 Å². The van der Waals surface area contributed by atoms with Gasteiger partial charge in [-0.3, -0.25) is 0 Å². The summed E-state index contributed by atoms with van der Waals surface area (Å²) < 4.78 is 1.13. The highest BCUT2D eigenvalue weighted by molar-refractivity contribution is 9.10. The van der Waals surface area contributed by atoms with Gasteiger partial charge in [-0.1, -0.05) is 73.5 Å². The zero-order valence-electron chi connectivity index (χ0n) is 11.3. The summed E-state index contributed by atoms with van der Waals surface area (Å²) in [5.41, 5.74) is 1.34. The molecule has 0 fully saturated rings. The third kappa shape index (κ3) is 7.43. The summed E-state index contributed by atoms with van der Waals surface area (Å²) >= 11 is 9.83. The first kappa shape index (κ1) is 16.0. The summed E-state index contributed by atoms with van der Waals surface area (Å²) in [6, 6.07) is 8.48. The fourth-order valence-corrected chi connectivity index (χ4v) is 2.72. The molecule has 1 aromatic rings. The average Bonchev–Trinajstić information content (AvgIpc) is 2.36. The quantitative estimate of drug-likeness (QED) is 0.365. The Morgan fingerprint density at radius 3 is 2.28 bits per heavy atom. The number of rotatable bonds is 9. The second-order valence-electron chi connectivity index (χ2n) is 4.98. The molecular formula is C16H24BrCl. The van der Waals surface area contributed by atoms with Crippen molar-refractivity contribution in [2.45, 2.75) is 63.7 Å². The van der Waals surface area contributed by atoms with E-state index in [0.29, 0.717) is 0 Å². The van der Waals surface area contributed by atoms with Crippen LogP contribution in [0, 0.1) is 0 Å². The molecule has 0 aliphatic carbocycles. The number of halogens is 2. The SMILES string of the molecule is CCCCCCCCC(Cl)Cc1ccc(Br)cc1. The number of alkyl halides is 1. The number of benzene rings is 1. The summed E-state index contributed by atoms with van der Waals surface area (Å²) in [7, 11) is 0. The number of hydrogen-bond acceptors (Lipinski definition) is 0. The Balaban J connectivity index is 2.10. The normalized spacial score (nSPS) is 12.6. The Kier molecular flexibility index (Phi) is 8.79.